The number of nitrogens with zero attached hydrogens (tertiary/aromatic N) is 1. The van der Waals surface area contributed by atoms with Gasteiger partial charge >= 0.3 is 0 Å². The van der Waals surface area contributed by atoms with E-state index in [1.165, 1.54) is 0 Å². The lowest BCUT2D eigenvalue weighted by Gasteiger charge is -2.05. The highest BCUT2D eigenvalue weighted by Crippen LogP contribution is 2.12. The number of H-pyrrole nitrogens is 1. The van der Waals surface area contributed by atoms with Gasteiger partial charge in [-0.3, -0.25) is 4.79 Å². The maximum absolute atomic E-state index is 11.7. The lowest BCUT2D eigenvalue weighted by molar-refractivity contribution is 0.440. The molecule has 18 heavy (non-hydrogen) atoms. The Labute approximate surface area is 105 Å². The number of aromatic nitrogens is 2. The Hall–Kier alpha value is -2.10. The minimum Gasteiger partial charge on any atom is -0.493 e. The normalized spacial score (nSPS) is 10.6. The van der Waals surface area contributed by atoms with Crippen molar-refractivity contribution in [2.75, 3.05) is 0 Å². The SMILES string of the molecule is CCc1c(O)nc(Cc2cccc(C)c2)[nH]c1=O. The highest BCUT2D eigenvalue weighted by molar-refractivity contribution is 5.27. The van der Waals surface area contributed by atoms with Gasteiger partial charge in [-0.15, -0.1) is 0 Å². The van der Waals surface area contributed by atoms with Crippen LogP contribution in [0.3, 0.4) is 0 Å². The second kappa shape index (κ2) is 5.04. The Morgan fingerprint density at radius 2 is 2.17 bits per heavy atom. The van der Waals surface area contributed by atoms with Gasteiger partial charge < -0.3 is 10.1 Å². The largest absolute Gasteiger partial charge is 0.493 e. The van der Waals surface area contributed by atoms with Crippen LogP contribution in [0.5, 0.6) is 5.88 Å². The van der Waals surface area contributed by atoms with E-state index in [2.05, 4.69) is 9.97 Å². The van der Waals surface area contributed by atoms with Crippen LogP contribution in [0.25, 0.3) is 0 Å². The Balaban J connectivity index is 2.33. The van der Waals surface area contributed by atoms with E-state index in [9.17, 15) is 9.90 Å². The van der Waals surface area contributed by atoms with Crippen molar-refractivity contribution in [3.05, 3.63) is 57.1 Å². The smallest absolute Gasteiger partial charge is 0.257 e. The fourth-order valence-corrected chi connectivity index (χ4v) is 1.95. The van der Waals surface area contributed by atoms with Gasteiger partial charge in [0, 0.05) is 6.42 Å². The van der Waals surface area contributed by atoms with Crippen molar-refractivity contribution in [2.45, 2.75) is 26.7 Å². The fraction of sp³-hybridized carbons (Fsp3) is 0.286. The molecule has 0 atom stereocenters. The predicted molar refractivity (Wildman–Crippen MR) is 69.9 cm³/mol. The highest BCUT2D eigenvalue weighted by atomic mass is 16.3. The van der Waals surface area contributed by atoms with E-state index in [0.29, 0.717) is 24.2 Å². The molecule has 0 spiro atoms. The molecular formula is C14H16N2O2. The van der Waals surface area contributed by atoms with Crippen molar-refractivity contribution < 1.29 is 5.11 Å². The zero-order valence-electron chi connectivity index (χ0n) is 10.5. The molecular weight excluding hydrogens is 228 g/mol. The average Bonchev–Trinajstić information content (AvgIpc) is 2.28. The molecule has 0 bridgehead atoms. The number of benzene rings is 1. The van der Waals surface area contributed by atoms with Crippen molar-refractivity contribution in [1.82, 2.24) is 9.97 Å². The molecule has 0 aliphatic heterocycles. The van der Waals surface area contributed by atoms with Gasteiger partial charge in [0.15, 0.2) is 0 Å². The molecule has 2 rings (SSSR count). The molecule has 1 aromatic heterocycles. The first-order chi connectivity index (χ1) is 8.60. The summed E-state index contributed by atoms with van der Waals surface area (Å²) in [4.78, 5) is 18.4. The Kier molecular flexibility index (Phi) is 3.46. The van der Waals surface area contributed by atoms with Gasteiger partial charge in [0.2, 0.25) is 5.88 Å². The second-order valence-electron chi connectivity index (χ2n) is 4.33. The molecule has 0 amide bonds. The van der Waals surface area contributed by atoms with Crippen LogP contribution in [0.4, 0.5) is 0 Å². The molecule has 0 aliphatic rings. The molecule has 2 N–H and O–H groups in total. The summed E-state index contributed by atoms with van der Waals surface area (Å²) in [5, 5.41) is 9.67. The van der Waals surface area contributed by atoms with Gasteiger partial charge in [0.1, 0.15) is 5.82 Å². The van der Waals surface area contributed by atoms with Crippen LogP contribution in [0.2, 0.25) is 0 Å². The van der Waals surface area contributed by atoms with E-state index in [-0.39, 0.29) is 11.4 Å². The van der Waals surface area contributed by atoms with Gasteiger partial charge in [0.05, 0.1) is 5.56 Å². The van der Waals surface area contributed by atoms with Crippen molar-refractivity contribution >= 4 is 0 Å². The fourth-order valence-electron chi connectivity index (χ4n) is 1.95. The van der Waals surface area contributed by atoms with Gasteiger partial charge in [-0.05, 0) is 18.9 Å². The molecule has 1 heterocycles. The molecule has 2 aromatic rings. The first-order valence-corrected chi connectivity index (χ1v) is 5.96. The summed E-state index contributed by atoms with van der Waals surface area (Å²) in [5.74, 6) is 0.323. The van der Waals surface area contributed by atoms with E-state index in [1.807, 2.05) is 38.1 Å². The number of rotatable bonds is 3. The molecule has 0 saturated heterocycles. The topological polar surface area (TPSA) is 66.0 Å². The molecule has 4 heteroatoms. The van der Waals surface area contributed by atoms with Crippen molar-refractivity contribution in [1.29, 1.82) is 0 Å². The third-order valence-electron chi connectivity index (χ3n) is 2.85. The van der Waals surface area contributed by atoms with Crippen LogP contribution < -0.4 is 5.56 Å². The first kappa shape index (κ1) is 12.4. The number of nitrogens with one attached hydrogen (secondary N) is 1. The number of aromatic hydroxyl groups is 1. The zero-order chi connectivity index (χ0) is 13.1. The van der Waals surface area contributed by atoms with Gasteiger partial charge in [-0.1, -0.05) is 36.8 Å². The summed E-state index contributed by atoms with van der Waals surface area (Å²) >= 11 is 0. The quantitative estimate of drug-likeness (QED) is 0.867. The summed E-state index contributed by atoms with van der Waals surface area (Å²) < 4.78 is 0. The summed E-state index contributed by atoms with van der Waals surface area (Å²) in [6, 6.07) is 7.98. The molecule has 1 aromatic carbocycles. The van der Waals surface area contributed by atoms with E-state index < -0.39 is 0 Å². The van der Waals surface area contributed by atoms with Gasteiger partial charge in [-0.2, -0.15) is 4.98 Å². The number of hydrogen-bond donors (Lipinski definition) is 2. The number of aryl methyl sites for hydroxylation is 1. The van der Waals surface area contributed by atoms with Crippen LogP contribution in [0, 0.1) is 6.92 Å². The van der Waals surface area contributed by atoms with Gasteiger partial charge in [0.25, 0.3) is 5.56 Å². The van der Waals surface area contributed by atoms with Crippen molar-refractivity contribution in [3.63, 3.8) is 0 Å². The first-order valence-electron chi connectivity index (χ1n) is 5.96. The van der Waals surface area contributed by atoms with E-state index in [4.69, 9.17) is 0 Å². The van der Waals surface area contributed by atoms with Crippen LogP contribution in [0.15, 0.2) is 29.1 Å². The maximum Gasteiger partial charge on any atom is 0.257 e. The van der Waals surface area contributed by atoms with E-state index >= 15 is 0 Å². The molecule has 0 unspecified atom stereocenters. The lowest BCUT2D eigenvalue weighted by atomic mass is 10.1. The van der Waals surface area contributed by atoms with Crippen LogP contribution in [-0.4, -0.2) is 15.1 Å². The average molecular weight is 244 g/mol. The summed E-state index contributed by atoms with van der Waals surface area (Å²) in [6.07, 6.45) is 0.980. The highest BCUT2D eigenvalue weighted by Gasteiger charge is 2.08. The molecule has 0 aliphatic carbocycles. The molecule has 0 saturated carbocycles. The Bertz CT molecular complexity index is 617. The van der Waals surface area contributed by atoms with Crippen LogP contribution >= 0.6 is 0 Å². The van der Waals surface area contributed by atoms with Gasteiger partial charge in [-0.25, -0.2) is 0 Å². The van der Waals surface area contributed by atoms with E-state index in [1.54, 1.807) is 0 Å². The summed E-state index contributed by atoms with van der Waals surface area (Å²) in [7, 11) is 0. The van der Waals surface area contributed by atoms with Crippen LogP contribution in [-0.2, 0) is 12.8 Å². The molecule has 94 valence electrons. The predicted octanol–water partition coefficient (Wildman–Crippen LogP) is 1.94. The third kappa shape index (κ3) is 2.59. The standard InChI is InChI=1S/C14H16N2O2/c1-3-11-13(17)15-12(16-14(11)18)8-10-6-4-5-9(2)7-10/h4-7H,3,8H2,1-2H3,(H2,15,16,17,18). The second-order valence-corrected chi connectivity index (χ2v) is 4.33. The molecule has 0 radical (unpaired) electrons. The van der Waals surface area contributed by atoms with E-state index in [0.717, 1.165) is 11.1 Å². The van der Waals surface area contributed by atoms with Crippen molar-refractivity contribution in [3.8, 4) is 5.88 Å². The molecule has 4 nitrogen and oxygen atoms in total. The van der Waals surface area contributed by atoms with Crippen LogP contribution in [0.1, 0.15) is 29.4 Å². The Morgan fingerprint density at radius 3 is 2.78 bits per heavy atom. The summed E-state index contributed by atoms with van der Waals surface area (Å²) in [6.45, 7) is 3.82. The lowest BCUT2D eigenvalue weighted by Crippen LogP contribution is -2.16. The maximum atomic E-state index is 11.7. The monoisotopic (exact) mass is 244 g/mol. The minimum absolute atomic E-state index is 0.163. The molecule has 0 fully saturated rings. The Morgan fingerprint density at radius 1 is 1.39 bits per heavy atom. The number of aromatic amines is 1. The van der Waals surface area contributed by atoms with Crippen molar-refractivity contribution in [2.24, 2.45) is 0 Å². The third-order valence-corrected chi connectivity index (χ3v) is 2.85. The zero-order valence-corrected chi connectivity index (χ0v) is 10.5. The number of hydrogen-bond acceptors (Lipinski definition) is 3. The minimum atomic E-state index is -0.257. The summed E-state index contributed by atoms with van der Waals surface area (Å²) in [5.41, 5.74) is 2.29.